The molecule has 1 aromatic heterocycles. The van der Waals surface area contributed by atoms with Crippen molar-refractivity contribution in [1.82, 2.24) is 10.3 Å². The summed E-state index contributed by atoms with van der Waals surface area (Å²) < 4.78 is 0. The Bertz CT molecular complexity index is 751. The van der Waals surface area contributed by atoms with Crippen LogP contribution in [0.2, 0.25) is 0 Å². The van der Waals surface area contributed by atoms with Gasteiger partial charge in [0.1, 0.15) is 4.88 Å². The van der Waals surface area contributed by atoms with E-state index in [1.54, 1.807) is 0 Å². The van der Waals surface area contributed by atoms with Gasteiger partial charge < -0.3 is 10.6 Å². The fourth-order valence-corrected chi connectivity index (χ4v) is 3.71. The minimum absolute atomic E-state index is 0.0198. The molecule has 6 heteroatoms. The number of anilines is 1. The molecule has 0 bridgehead atoms. The lowest BCUT2D eigenvalue weighted by Crippen LogP contribution is -2.22. The van der Waals surface area contributed by atoms with Crippen LogP contribution in [0.1, 0.15) is 59.5 Å². The second kappa shape index (κ2) is 9.48. The van der Waals surface area contributed by atoms with E-state index in [1.165, 1.54) is 11.3 Å². The minimum atomic E-state index is -0.0877. The molecule has 2 rings (SSSR count). The van der Waals surface area contributed by atoms with E-state index in [4.69, 9.17) is 0 Å². The Balaban J connectivity index is 1.91. The second-order valence-corrected chi connectivity index (χ2v) is 7.88. The average Bonchev–Trinajstić information content (AvgIpc) is 2.93. The van der Waals surface area contributed by atoms with Crippen LogP contribution in [-0.4, -0.2) is 16.8 Å². The van der Waals surface area contributed by atoms with Gasteiger partial charge in [0.15, 0.2) is 0 Å². The van der Waals surface area contributed by atoms with Gasteiger partial charge in [-0.2, -0.15) is 0 Å². The lowest BCUT2D eigenvalue weighted by molar-refractivity contribution is -0.116. The maximum Gasteiger partial charge on any atom is 0.263 e. The number of benzene rings is 1. The molecule has 0 saturated heterocycles. The van der Waals surface area contributed by atoms with Crippen molar-refractivity contribution >= 4 is 28.8 Å². The number of nitrogens with one attached hydrogen (secondary N) is 2. The maximum absolute atomic E-state index is 12.4. The number of thiazole rings is 1. The predicted octanol–water partition coefficient (Wildman–Crippen LogP) is 4.32. The van der Waals surface area contributed by atoms with Crippen LogP contribution in [0.15, 0.2) is 24.3 Å². The summed E-state index contributed by atoms with van der Waals surface area (Å²) >= 11 is 1.47. The molecule has 0 fully saturated rings. The Morgan fingerprint density at radius 2 is 1.88 bits per heavy atom. The minimum Gasteiger partial charge on any atom is -0.347 e. The van der Waals surface area contributed by atoms with E-state index in [9.17, 15) is 9.59 Å². The molecule has 5 nitrogen and oxygen atoms in total. The highest BCUT2D eigenvalue weighted by Crippen LogP contribution is 2.21. The fourth-order valence-electron chi connectivity index (χ4n) is 2.52. The summed E-state index contributed by atoms with van der Waals surface area (Å²) in [5.41, 5.74) is 2.55. The van der Waals surface area contributed by atoms with Gasteiger partial charge in [0.05, 0.1) is 10.7 Å². The molecule has 0 unspecified atom stereocenters. The molecule has 26 heavy (non-hydrogen) atoms. The Morgan fingerprint density at radius 1 is 1.19 bits per heavy atom. The van der Waals surface area contributed by atoms with Crippen molar-refractivity contribution in [2.24, 2.45) is 5.92 Å². The van der Waals surface area contributed by atoms with Crippen LogP contribution >= 0.6 is 11.3 Å². The SMILES string of the molecule is CCCC(=O)Nc1ccc(CNC(=O)c2sc(CC(C)C)nc2C)cc1. The molecular formula is C20H27N3O2S. The number of rotatable bonds is 8. The third-order valence-electron chi connectivity index (χ3n) is 3.80. The van der Waals surface area contributed by atoms with Gasteiger partial charge in [-0.05, 0) is 37.0 Å². The number of nitrogens with zero attached hydrogens (tertiary/aromatic N) is 1. The summed E-state index contributed by atoms with van der Waals surface area (Å²) in [4.78, 5) is 29.2. The molecule has 2 N–H and O–H groups in total. The van der Waals surface area contributed by atoms with E-state index in [1.807, 2.05) is 38.1 Å². The van der Waals surface area contributed by atoms with E-state index in [0.29, 0.717) is 23.8 Å². The van der Waals surface area contributed by atoms with E-state index in [-0.39, 0.29) is 11.8 Å². The third kappa shape index (κ3) is 5.95. The number of aromatic nitrogens is 1. The van der Waals surface area contributed by atoms with E-state index >= 15 is 0 Å². The summed E-state index contributed by atoms with van der Waals surface area (Å²) in [5, 5.41) is 6.81. The first kappa shape index (κ1) is 20.1. The summed E-state index contributed by atoms with van der Waals surface area (Å²) in [5.74, 6) is 0.453. The van der Waals surface area contributed by atoms with E-state index < -0.39 is 0 Å². The first-order chi connectivity index (χ1) is 12.4. The first-order valence-electron chi connectivity index (χ1n) is 9.02. The van der Waals surface area contributed by atoms with E-state index in [2.05, 4.69) is 29.5 Å². The van der Waals surface area contributed by atoms with Crippen LogP contribution in [0.25, 0.3) is 0 Å². The molecule has 1 heterocycles. The summed E-state index contributed by atoms with van der Waals surface area (Å²) in [6, 6.07) is 7.53. The zero-order valence-electron chi connectivity index (χ0n) is 15.9. The van der Waals surface area contributed by atoms with Crippen LogP contribution in [0, 0.1) is 12.8 Å². The van der Waals surface area contributed by atoms with Gasteiger partial charge in [-0.15, -0.1) is 11.3 Å². The molecule has 2 amide bonds. The lowest BCUT2D eigenvalue weighted by Gasteiger charge is -2.07. The van der Waals surface area contributed by atoms with Gasteiger partial charge in [0.25, 0.3) is 5.91 Å². The van der Waals surface area contributed by atoms with Gasteiger partial charge in [0.2, 0.25) is 5.91 Å². The van der Waals surface area contributed by atoms with Crippen molar-refractivity contribution in [1.29, 1.82) is 0 Å². The van der Waals surface area contributed by atoms with Crippen LogP contribution in [0.5, 0.6) is 0 Å². The van der Waals surface area contributed by atoms with Gasteiger partial charge in [-0.25, -0.2) is 4.98 Å². The highest BCUT2D eigenvalue weighted by atomic mass is 32.1. The van der Waals surface area contributed by atoms with Crippen molar-refractivity contribution < 1.29 is 9.59 Å². The Hall–Kier alpha value is -2.21. The Labute approximate surface area is 159 Å². The summed E-state index contributed by atoms with van der Waals surface area (Å²) in [6.45, 7) is 8.58. The van der Waals surface area contributed by atoms with Crippen molar-refractivity contribution in [2.45, 2.75) is 53.5 Å². The van der Waals surface area contributed by atoms with Crippen molar-refractivity contribution in [2.75, 3.05) is 5.32 Å². The number of carbonyl (C=O) groups is 2. The Kier molecular flexibility index (Phi) is 7.33. The first-order valence-corrected chi connectivity index (χ1v) is 9.84. The second-order valence-electron chi connectivity index (χ2n) is 6.80. The number of amides is 2. The van der Waals surface area contributed by atoms with Gasteiger partial charge >= 0.3 is 0 Å². The number of aryl methyl sites for hydroxylation is 1. The van der Waals surface area contributed by atoms with Gasteiger partial charge in [-0.1, -0.05) is 32.9 Å². The molecule has 0 saturated carbocycles. The van der Waals surface area contributed by atoms with Crippen LogP contribution in [-0.2, 0) is 17.8 Å². The van der Waals surface area contributed by atoms with Gasteiger partial charge in [0, 0.05) is 25.1 Å². The lowest BCUT2D eigenvalue weighted by atomic mass is 10.1. The van der Waals surface area contributed by atoms with Gasteiger partial charge in [-0.3, -0.25) is 9.59 Å². The molecule has 0 aliphatic carbocycles. The smallest absolute Gasteiger partial charge is 0.263 e. The maximum atomic E-state index is 12.4. The molecule has 0 radical (unpaired) electrons. The zero-order valence-corrected chi connectivity index (χ0v) is 16.7. The normalized spacial score (nSPS) is 10.8. The molecule has 0 atom stereocenters. The molecule has 0 aliphatic heterocycles. The molecule has 1 aromatic carbocycles. The molecular weight excluding hydrogens is 346 g/mol. The van der Waals surface area contributed by atoms with E-state index in [0.717, 1.165) is 34.8 Å². The molecule has 0 spiro atoms. The van der Waals surface area contributed by atoms with Crippen molar-refractivity contribution in [3.8, 4) is 0 Å². The topological polar surface area (TPSA) is 71.1 Å². The summed E-state index contributed by atoms with van der Waals surface area (Å²) in [7, 11) is 0. The van der Waals surface area contributed by atoms with Crippen LogP contribution in [0.3, 0.4) is 0 Å². The van der Waals surface area contributed by atoms with Crippen molar-refractivity contribution in [3.05, 3.63) is 45.4 Å². The largest absolute Gasteiger partial charge is 0.347 e. The molecule has 0 aliphatic rings. The Morgan fingerprint density at radius 3 is 2.50 bits per heavy atom. The molecule has 2 aromatic rings. The number of hydrogen-bond donors (Lipinski definition) is 2. The number of hydrogen-bond acceptors (Lipinski definition) is 4. The fraction of sp³-hybridized carbons (Fsp3) is 0.450. The zero-order chi connectivity index (χ0) is 19.1. The number of carbonyl (C=O) groups excluding carboxylic acids is 2. The third-order valence-corrected chi connectivity index (χ3v) is 4.98. The van der Waals surface area contributed by atoms with Crippen molar-refractivity contribution in [3.63, 3.8) is 0 Å². The van der Waals surface area contributed by atoms with Crippen LogP contribution in [0.4, 0.5) is 5.69 Å². The average molecular weight is 374 g/mol. The highest BCUT2D eigenvalue weighted by Gasteiger charge is 2.15. The standard InChI is InChI=1S/C20H27N3O2S/c1-5-6-17(24)23-16-9-7-15(8-10-16)12-21-20(25)19-14(4)22-18(26-19)11-13(2)3/h7-10,13H,5-6,11-12H2,1-4H3,(H,21,25)(H,23,24). The monoisotopic (exact) mass is 373 g/mol. The molecule has 140 valence electrons. The van der Waals surface area contributed by atoms with Crippen LogP contribution < -0.4 is 10.6 Å². The highest BCUT2D eigenvalue weighted by molar-refractivity contribution is 7.13. The quantitative estimate of drug-likeness (QED) is 0.724. The predicted molar refractivity (Wildman–Crippen MR) is 107 cm³/mol. The summed E-state index contributed by atoms with van der Waals surface area (Å²) in [6.07, 6.45) is 2.24.